The number of rotatable bonds is 16. The second kappa shape index (κ2) is 18.7. The minimum atomic E-state index is -1.44. The number of benzene rings is 3. The molecule has 4 N–H and O–H groups in total. The first-order valence-electron chi connectivity index (χ1n) is 18.5. The molecule has 1 amide bonds. The second-order valence-corrected chi connectivity index (χ2v) is 17.0. The Morgan fingerprint density at radius 3 is 2.14 bits per heavy atom. The number of fused-ring (bicyclic) bond motifs is 1. The van der Waals surface area contributed by atoms with Gasteiger partial charge in [-0.1, -0.05) is 76.2 Å². The van der Waals surface area contributed by atoms with Crippen molar-refractivity contribution in [2.45, 2.75) is 69.0 Å². The Bertz CT molecular complexity index is 2090. The lowest BCUT2D eigenvalue weighted by molar-refractivity contribution is -0.161. The van der Waals surface area contributed by atoms with E-state index in [9.17, 15) is 14.7 Å². The number of amides is 1. The van der Waals surface area contributed by atoms with E-state index in [2.05, 4.69) is 20.3 Å². The number of alkyl carbamates (subject to hydrolysis) is 1. The van der Waals surface area contributed by atoms with Crippen molar-refractivity contribution in [3.8, 4) is 11.5 Å². The lowest BCUT2D eigenvalue weighted by Gasteiger charge is -2.37. The molecule has 0 aliphatic carbocycles. The molecule has 1 aliphatic rings. The first-order chi connectivity index (χ1) is 27.9. The number of esters is 1. The van der Waals surface area contributed by atoms with E-state index in [1.54, 1.807) is 35.0 Å². The van der Waals surface area contributed by atoms with Gasteiger partial charge in [-0.15, -0.1) is 0 Å². The Balaban J connectivity index is 1.38. The summed E-state index contributed by atoms with van der Waals surface area (Å²) in [5.41, 5.74) is 7.00. The van der Waals surface area contributed by atoms with E-state index in [1.165, 1.54) is 38.8 Å². The molecule has 2 aromatic heterocycles. The van der Waals surface area contributed by atoms with Crippen molar-refractivity contribution in [3.05, 3.63) is 108 Å². The van der Waals surface area contributed by atoms with Crippen LogP contribution in [-0.2, 0) is 29.3 Å². The van der Waals surface area contributed by atoms with Crippen molar-refractivity contribution in [2.75, 3.05) is 38.6 Å². The summed E-state index contributed by atoms with van der Waals surface area (Å²) in [7, 11) is 6.24. The van der Waals surface area contributed by atoms with Gasteiger partial charge in [0.25, 0.3) is 0 Å². The number of nitrogens with zero attached hydrogens (tertiary/aromatic N) is 4. The first kappa shape index (κ1) is 42.5. The summed E-state index contributed by atoms with van der Waals surface area (Å²) in [6.07, 6.45) is -0.891. The standard InChI is InChI=1S/C41H48N6O9S2/c1-40(2,3)56-39(50)46-30(20-21-58-57-6)38(49)55-34-33(48)31(54-37(34)47-24-45-32-35(42)43-23-44-36(32)47)22-53-41(25-10-8-7-9-11-25,26-12-16-28(51-4)17-13-26)27-14-18-29(52-5)19-15-27/h7-19,23-24,30-31,33-34,37,48H,20-22H2,1-6H3,(H,46,50)(H2,42,43,44)/t30-,31?,33?,34?,37?/m1/s1. The van der Waals surface area contributed by atoms with Crippen molar-refractivity contribution < 1.29 is 43.1 Å². The molecule has 0 saturated carbocycles. The first-order valence-corrected chi connectivity index (χ1v) is 21.2. The maximum absolute atomic E-state index is 14.1. The normalized spacial score (nSPS) is 18.7. The third-order valence-corrected chi connectivity index (χ3v) is 11.3. The van der Waals surface area contributed by atoms with E-state index in [4.69, 9.17) is 34.2 Å². The SMILES string of the molecule is COc1ccc(C(OCC2OC(n3cnc4c(N)ncnc43)C(OC(=O)[C@@H](CCSSC)NC(=O)OC(C)(C)C)C2O)(c2ccccc2)c2ccc(OC)cc2)cc1. The van der Waals surface area contributed by atoms with Gasteiger partial charge in [-0.3, -0.25) is 4.57 Å². The molecule has 4 unspecified atom stereocenters. The van der Waals surface area contributed by atoms with E-state index in [-0.39, 0.29) is 18.8 Å². The number of anilines is 1. The van der Waals surface area contributed by atoms with Gasteiger partial charge in [0, 0.05) is 5.75 Å². The van der Waals surface area contributed by atoms with E-state index < -0.39 is 53.8 Å². The summed E-state index contributed by atoms with van der Waals surface area (Å²) in [4.78, 5) is 39.8. The Hall–Kier alpha value is -5.07. The van der Waals surface area contributed by atoms with Gasteiger partial charge in [0.15, 0.2) is 23.8 Å². The monoisotopic (exact) mass is 832 g/mol. The van der Waals surface area contributed by atoms with Crippen molar-refractivity contribution in [2.24, 2.45) is 0 Å². The molecule has 1 aliphatic heterocycles. The lowest BCUT2D eigenvalue weighted by atomic mass is 9.80. The number of nitrogens with one attached hydrogen (secondary N) is 1. The molecule has 0 radical (unpaired) electrons. The molecule has 17 heteroatoms. The van der Waals surface area contributed by atoms with Crippen molar-refractivity contribution >= 4 is 50.6 Å². The number of aromatic nitrogens is 4. The largest absolute Gasteiger partial charge is 0.497 e. The molecular weight excluding hydrogens is 785 g/mol. The summed E-state index contributed by atoms with van der Waals surface area (Å²) in [6.45, 7) is 4.99. The summed E-state index contributed by atoms with van der Waals surface area (Å²) in [6, 6.07) is 23.7. The molecule has 5 aromatic rings. The quantitative estimate of drug-likeness (QED) is 0.0461. The van der Waals surface area contributed by atoms with Crippen LogP contribution < -0.4 is 20.5 Å². The van der Waals surface area contributed by atoms with Crippen molar-refractivity contribution in [3.63, 3.8) is 0 Å². The highest BCUT2D eigenvalue weighted by molar-refractivity contribution is 8.76. The number of methoxy groups -OCH3 is 2. The molecule has 0 spiro atoms. The Morgan fingerprint density at radius 2 is 1.55 bits per heavy atom. The zero-order valence-electron chi connectivity index (χ0n) is 33.1. The van der Waals surface area contributed by atoms with Crippen LogP contribution in [0.15, 0.2) is 91.5 Å². The summed E-state index contributed by atoms with van der Waals surface area (Å²) in [5.74, 6) is 1.17. The molecule has 5 atom stereocenters. The highest BCUT2D eigenvalue weighted by atomic mass is 33.1. The van der Waals surface area contributed by atoms with Crippen LogP contribution >= 0.6 is 21.6 Å². The predicted molar refractivity (Wildman–Crippen MR) is 222 cm³/mol. The molecule has 308 valence electrons. The van der Waals surface area contributed by atoms with Gasteiger partial charge in [-0.2, -0.15) is 0 Å². The fourth-order valence-electron chi connectivity index (χ4n) is 6.71. The number of ether oxygens (including phenoxy) is 6. The minimum absolute atomic E-state index is 0.135. The van der Waals surface area contributed by atoms with Crippen LogP contribution in [0.3, 0.4) is 0 Å². The maximum Gasteiger partial charge on any atom is 0.408 e. The third-order valence-electron chi connectivity index (χ3n) is 9.45. The number of carbonyl (C=O) groups is 2. The second-order valence-electron chi connectivity index (χ2n) is 14.3. The number of imidazole rings is 1. The van der Waals surface area contributed by atoms with E-state index in [0.29, 0.717) is 28.4 Å². The van der Waals surface area contributed by atoms with Crippen LogP contribution in [-0.4, -0.2) is 99.5 Å². The zero-order chi connectivity index (χ0) is 41.5. The highest BCUT2D eigenvalue weighted by Gasteiger charge is 2.50. The molecule has 1 saturated heterocycles. The Kier molecular flexibility index (Phi) is 13.7. The molecule has 15 nitrogen and oxygen atoms in total. The van der Waals surface area contributed by atoms with Gasteiger partial charge in [0.2, 0.25) is 0 Å². The number of hydrogen-bond donors (Lipinski definition) is 3. The summed E-state index contributed by atoms with van der Waals surface area (Å²) >= 11 is 0. The zero-order valence-corrected chi connectivity index (χ0v) is 34.7. The van der Waals surface area contributed by atoms with Gasteiger partial charge in [0.05, 0.1) is 27.2 Å². The van der Waals surface area contributed by atoms with Crippen LogP contribution in [0.25, 0.3) is 11.2 Å². The van der Waals surface area contributed by atoms with Crippen LogP contribution in [0.4, 0.5) is 10.6 Å². The van der Waals surface area contributed by atoms with Gasteiger partial charge < -0.3 is 44.6 Å². The van der Waals surface area contributed by atoms with Crippen molar-refractivity contribution in [1.29, 1.82) is 0 Å². The van der Waals surface area contributed by atoms with Crippen LogP contribution in [0.1, 0.15) is 50.1 Å². The highest BCUT2D eigenvalue weighted by Crippen LogP contribution is 2.43. The fraction of sp³-hybridized carbons (Fsp3) is 0.390. The molecule has 58 heavy (non-hydrogen) atoms. The van der Waals surface area contributed by atoms with Crippen LogP contribution in [0.2, 0.25) is 0 Å². The molecule has 0 bridgehead atoms. The smallest absolute Gasteiger partial charge is 0.408 e. The third kappa shape index (κ3) is 9.45. The van der Waals surface area contributed by atoms with E-state index in [1.807, 2.05) is 85.1 Å². The topological polar surface area (TPSA) is 191 Å². The molecule has 6 rings (SSSR count). The summed E-state index contributed by atoms with van der Waals surface area (Å²) < 4.78 is 37.7. The van der Waals surface area contributed by atoms with Crippen molar-refractivity contribution in [1.82, 2.24) is 24.8 Å². The number of nitrogens with two attached hydrogens (primary N) is 1. The molecule has 3 heterocycles. The average Bonchev–Trinajstić information content (AvgIpc) is 3.79. The number of nitrogen functional groups attached to an aromatic ring is 1. The lowest BCUT2D eigenvalue weighted by Crippen LogP contribution is -2.47. The minimum Gasteiger partial charge on any atom is -0.497 e. The molecule has 1 fully saturated rings. The number of aliphatic hydroxyl groups excluding tert-OH is 1. The van der Waals surface area contributed by atoms with Gasteiger partial charge in [0.1, 0.15) is 52.8 Å². The average molecular weight is 833 g/mol. The molecular formula is C41H48N6O9S2. The Labute approximate surface area is 344 Å². The van der Waals surface area contributed by atoms with Gasteiger partial charge >= 0.3 is 12.1 Å². The predicted octanol–water partition coefficient (Wildman–Crippen LogP) is 5.90. The maximum atomic E-state index is 14.1. The van der Waals surface area contributed by atoms with E-state index in [0.717, 1.165) is 16.7 Å². The number of hydrogen-bond acceptors (Lipinski definition) is 15. The van der Waals surface area contributed by atoms with Gasteiger partial charge in [-0.25, -0.2) is 24.5 Å². The molecule has 3 aromatic carbocycles. The van der Waals surface area contributed by atoms with Crippen LogP contribution in [0, 0.1) is 0 Å². The summed E-state index contributed by atoms with van der Waals surface area (Å²) in [5, 5.41) is 14.8. The van der Waals surface area contributed by atoms with Crippen LogP contribution in [0.5, 0.6) is 11.5 Å². The number of carbonyl (C=O) groups excluding carboxylic acids is 2. The Morgan fingerprint density at radius 1 is 0.931 bits per heavy atom. The number of aliphatic hydroxyl groups is 1. The van der Waals surface area contributed by atoms with Gasteiger partial charge in [-0.05, 0) is 74.4 Å². The van der Waals surface area contributed by atoms with E-state index >= 15 is 0 Å². The fourth-order valence-corrected chi connectivity index (χ4v) is 8.00.